The van der Waals surface area contributed by atoms with E-state index in [1.807, 2.05) is 24.3 Å². The van der Waals surface area contributed by atoms with Gasteiger partial charge in [0.1, 0.15) is 0 Å². The van der Waals surface area contributed by atoms with E-state index in [9.17, 15) is 9.59 Å². The Bertz CT molecular complexity index is 563. The van der Waals surface area contributed by atoms with Gasteiger partial charge in [0.05, 0.1) is 13.1 Å². The van der Waals surface area contributed by atoms with Gasteiger partial charge in [0.2, 0.25) is 11.8 Å². The van der Waals surface area contributed by atoms with E-state index in [0.717, 1.165) is 18.4 Å². The van der Waals surface area contributed by atoms with Crippen molar-refractivity contribution in [3.63, 3.8) is 0 Å². The first-order valence-electron chi connectivity index (χ1n) is 7.63. The summed E-state index contributed by atoms with van der Waals surface area (Å²) in [5.74, 6) is -0.588. The molecule has 0 radical (unpaired) electrons. The zero-order valence-electron chi connectivity index (χ0n) is 13.3. The fraction of sp³-hybridized carbons (Fsp3) is 0.500. The molecule has 1 saturated heterocycles. The highest BCUT2D eigenvalue weighted by Crippen LogP contribution is 2.35. The van der Waals surface area contributed by atoms with E-state index in [4.69, 9.17) is 22.1 Å². The van der Waals surface area contributed by atoms with Crippen LogP contribution < -0.4 is 16.4 Å². The molecule has 1 aromatic rings. The molecule has 1 fully saturated rings. The standard InChI is InChI=1S/C16H22ClN3O3.ClH/c17-13-3-1-2-12(8-13)16(4-6-23-7-5-16)11-20-15(22)10-19-14(21)9-18;/h1-3,8H,4-7,9-11,18H2,(H,19,21)(H,20,22);1H. The van der Waals surface area contributed by atoms with Gasteiger partial charge in [-0.25, -0.2) is 0 Å². The van der Waals surface area contributed by atoms with Crippen LogP contribution in [0.5, 0.6) is 0 Å². The summed E-state index contributed by atoms with van der Waals surface area (Å²) in [4.78, 5) is 23.0. The van der Waals surface area contributed by atoms with Crippen LogP contribution >= 0.6 is 24.0 Å². The molecule has 0 aliphatic carbocycles. The molecule has 1 aliphatic heterocycles. The van der Waals surface area contributed by atoms with Crippen LogP contribution in [0.25, 0.3) is 0 Å². The lowest BCUT2D eigenvalue weighted by Gasteiger charge is -2.38. The number of nitrogens with one attached hydrogen (secondary N) is 2. The van der Waals surface area contributed by atoms with Crippen molar-refractivity contribution in [1.82, 2.24) is 10.6 Å². The number of amides is 2. The van der Waals surface area contributed by atoms with Gasteiger partial charge in [-0.1, -0.05) is 23.7 Å². The minimum atomic E-state index is -0.351. The highest BCUT2D eigenvalue weighted by molar-refractivity contribution is 6.30. The summed E-state index contributed by atoms with van der Waals surface area (Å²) in [7, 11) is 0. The fourth-order valence-electron chi connectivity index (χ4n) is 2.73. The van der Waals surface area contributed by atoms with Crippen molar-refractivity contribution in [2.45, 2.75) is 18.3 Å². The monoisotopic (exact) mass is 375 g/mol. The van der Waals surface area contributed by atoms with Crippen molar-refractivity contribution >= 4 is 35.8 Å². The molecular formula is C16H23Cl2N3O3. The molecule has 1 heterocycles. The molecule has 0 bridgehead atoms. The smallest absolute Gasteiger partial charge is 0.239 e. The number of nitrogens with two attached hydrogens (primary N) is 1. The van der Waals surface area contributed by atoms with Crippen LogP contribution in [0.3, 0.4) is 0 Å². The van der Waals surface area contributed by atoms with Gasteiger partial charge in [0, 0.05) is 30.2 Å². The van der Waals surface area contributed by atoms with Gasteiger partial charge < -0.3 is 21.1 Å². The normalized spacial score (nSPS) is 15.9. The lowest BCUT2D eigenvalue weighted by molar-refractivity contribution is -0.125. The van der Waals surface area contributed by atoms with E-state index < -0.39 is 0 Å². The third-order valence-electron chi connectivity index (χ3n) is 4.14. The second-order valence-corrected chi connectivity index (χ2v) is 6.10. The maximum Gasteiger partial charge on any atom is 0.239 e. The quantitative estimate of drug-likeness (QED) is 0.691. The van der Waals surface area contributed by atoms with E-state index in [2.05, 4.69) is 10.6 Å². The number of ether oxygens (including phenoxy) is 1. The van der Waals surface area contributed by atoms with E-state index in [1.165, 1.54) is 0 Å². The molecule has 0 spiro atoms. The Balaban J connectivity index is 0.00000288. The van der Waals surface area contributed by atoms with Crippen LogP contribution in [0.2, 0.25) is 5.02 Å². The highest BCUT2D eigenvalue weighted by Gasteiger charge is 2.35. The van der Waals surface area contributed by atoms with Crippen LogP contribution in [-0.2, 0) is 19.7 Å². The summed E-state index contributed by atoms with van der Waals surface area (Å²) >= 11 is 6.11. The number of carbonyl (C=O) groups excluding carboxylic acids is 2. The SMILES string of the molecule is Cl.NCC(=O)NCC(=O)NCC1(c2cccc(Cl)c2)CCOCC1. The van der Waals surface area contributed by atoms with Crippen LogP contribution in [0.1, 0.15) is 18.4 Å². The van der Waals surface area contributed by atoms with Crippen molar-refractivity contribution in [2.24, 2.45) is 5.73 Å². The first kappa shape index (κ1) is 20.7. The number of carbonyl (C=O) groups is 2. The molecule has 1 aromatic carbocycles. The van der Waals surface area contributed by atoms with E-state index in [0.29, 0.717) is 24.8 Å². The number of rotatable bonds is 6. The van der Waals surface area contributed by atoms with Crippen LogP contribution in [0.4, 0.5) is 0 Å². The number of halogens is 2. The minimum Gasteiger partial charge on any atom is -0.381 e. The number of hydrogen-bond donors (Lipinski definition) is 3. The summed E-state index contributed by atoms with van der Waals surface area (Å²) < 4.78 is 5.46. The Morgan fingerprint density at radius 1 is 1.21 bits per heavy atom. The second-order valence-electron chi connectivity index (χ2n) is 5.66. The molecule has 0 saturated carbocycles. The van der Waals surface area contributed by atoms with Crippen molar-refractivity contribution < 1.29 is 14.3 Å². The third kappa shape index (κ3) is 5.63. The highest BCUT2D eigenvalue weighted by atomic mass is 35.5. The molecule has 0 atom stereocenters. The van der Waals surface area contributed by atoms with Crippen molar-refractivity contribution in [2.75, 3.05) is 32.8 Å². The van der Waals surface area contributed by atoms with E-state index >= 15 is 0 Å². The van der Waals surface area contributed by atoms with Crippen molar-refractivity contribution in [1.29, 1.82) is 0 Å². The molecule has 4 N–H and O–H groups in total. The third-order valence-corrected chi connectivity index (χ3v) is 4.38. The lowest BCUT2D eigenvalue weighted by atomic mass is 9.74. The average molecular weight is 376 g/mol. The van der Waals surface area contributed by atoms with Crippen LogP contribution in [0.15, 0.2) is 24.3 Å². The molecule has 2 amide bonds. The second kappa shape index (κ2) is 9.84. The van der Waals surface area contributed by atoms with Gasteiger partial charge >= 0.3 is 0 Å². The molecular weight excluding hydrogens is 353 g/mol. The molecule has 134 valence electrons. The van der Waals surface area contributed by atoms with Crippen LogP contribution in [-0.4, -0.2) is 44.7 Å². The average Bonchev–Trinajstić information content (AvgIpc) is 2.58. The van der Waals surface area contributed by atoms with Gasteiger partial charge in [0.25, 0.3) is 0 Å². The topological polar surface area (TPSA) is 93.5 Å². The lowest BCUT2D eigenvalue weighted by Crippen LogP contribution is -2.47. The molecule has 6 nitrogen and oxygen atoms in total. The minimum absolute atomic E-state index is 0. The predicted octanol–water partition coefficient (Wildman–Crippen LogP) is 1.00. The maximum absolute atomic E-state index is 11.9. The largest absolute Gasteiger partial charge is 0.381 e. The Morgan fingerprint density at radius 3 is 2.54 bits per heavy atom. The predicted molar refractivity (Wildman–Crippen MR) is 95.5 cm³/mol. The Morgan fingerprint density at radius 2 is 1.92 bits per heavy atom. The van der Waals surface area contributed by atoms with Gasteiger partial charge in [-0.15, -0.1) is 12.4 Å². The molecule has 24 heavy (non-hydrogen) atoms. The summed E-state index contributed by atoms with van der Waals surface area (Å²) in [6.45, 7) is 1.57. The fourth-order valence-corrected chi connectivity index (χ4v) is 2.92. The maximum atomic E-state index is 11.9. The zero-order chi connectivity index (χ0) is 16.7. The molecule has 2 rings (SSSR count). The molecule has 0 unspecified atom stereocenters. The zero-order valence-corrected chi connectivity index (χ0v) is 14.9. The van der Waals surface area contributed by atoms with Crippen LogP contribution in [0, 0.1) is 0 Å². The summed E-state index contributed by atoms with van der Waals surface area (Å²) in [6.07, 6.45) is 1.62. The van der Waals surface area contributed by atoms with Gasteiger partial charge in [0.15, 0.2) is 0 Å². The van der Waals surface area contributed by atoms with E-state index in [1.54, 1.807) is 0 Å². The summed E-state index contributed by atoms with van der Waals surface area (Å²) in [5, 5.41) is 6.03. The number of benzene rings is 1. The summed E-state index contributed by atoms with van der Waals surface area (Å²) in [6, 6.07) is 7.71. The number of hydrogen-bond acceptors (Lipinski definition) is 4. The Kier molecular flexibility index (Phi) is 8.48. The Labute approximate surface area is 152 Å². The van der Waals surface area contributed by atoms with Gasteiger partial charge in [-0.3, -0.25) is 9.59 Å². The van der Waals surface area contributed by atoms with E-state index in [-0.39, 0.29) is 42.7 Å². The van der Waals surface area contributed by atoms with Crippen molar-refractivity contribution in [3.05, 3.63) is 34.9 Å². The Hall–Kier alpha value is -1.34. The first-order valence-corrected chi connectivity index (χ1v) is 8.01. The first-order chi connectivity index (χ1) is 11.1. The van der Waals surface area contributed by atoms with Gasteiger partial charge in [-0.2, -0.15) is 0 Å². The van der Waals surface area contributed by atoms with Crippen molar-refractivity contribution in [3.8, 4) is 0 Å². The summed E-state index contributed by atoms with van der Waals surface area (Å²) in [5.41, 5.74) is 6.09. The molecule has 1 aliphatic rings. The van der Waals surface area contributed by atoms with Gasteiger partial charge in [-0.05, 0) is 30.5 Å². The molecule has 0 aromatic heterocycles. The molecule has 8 heteroatoms.